The largest absolute Gasteiger partial charge is 0.438 e. The first-order valence-electron chi connectivity index (χ1n) is 11.6. The van der Waals surface area contributed by atoms with Crippen LogP contribution in [0, 0.1) is 5.82 Å². The Morgan fingerprint density at radius 3 is 2.34 bits per heavy atom. The molecule has 0 saturated carbocycles. The SMILES string of the molecule is Nc1ncnc(-c2cccnc2Oc2ccc(Nc3nnc(-c4ccc(F)cc4)c4ccccc34)cc2)n1. The molecular formula is C28H19FN8O. The number of hydrogen-bond acceptors (Lipinski definition) is 9. The molecular weight excluding hydrogens is 483 g/mol. The Hall–Kier alpha value is -5.51. The molecule has 0 unspecified atom stereocenters. The highest BCUT2D eigenvalue weighted by Crippen LogP contribution is 2.33. The highest BCUT2D eigenvalue weighted by atomic mass is 19.1. The van der Waals surface area contributed by atoms with E-state index < -0.39 is 0 Å². The molecule has 0 aliphatic heterocycles. The van der Waals surface area contributed by atoms with E-state index in [9.17, 15) is 4.39 Å². The van der Waals surface area contributed by atoms with Crippen LogP contribution in [0.4, 0.5) is 21.8 Å². The number of halogens is 1. The average Bonchev–Trinajstić information content (AvgIpc) is 2.95. The Bertz CT molecular complexity index is 1740. The Morgan fingerprint density at radius 2 is 1.55 bits per heavy atom. The quantitative estimate of drug-likeness (QED) is 0.291. The third-order valence-corrected chi connectivity index (χ3v) is 5.74. The van der Waals surface area contributed by atoms with Crippen LogP contribution >= 0.6 is 0 Å². The van der Waals surface area contributed by atoms with Crippen molar-refractivity contribution in [2.75, 3.05) is 11.1 Å². The maximum Gasteiger partial charge on any atom is 0.230 e. The minimum Gasteiger partial charge on any atom is -0.438 e. The van der Waals surface area contributed by atoms with Crippen molar-refractivity contribution in [3.8, 4) is 34.3 Å². The van der Waals surface area contributed by atoms with E-state index in [4.69, 9.17) is 10.5 Å². The standard InChI is InChI=1S/C28H19FN8O/c29-18-9-7-17(8-10-18)24-21-4-1-2-5-22(21)26(37-36-24)34-19-11-13-20(14-12-19)38-27-23(6-3-15-31-27)25-32-16-33-28(30)35-25/h1-16H,(H,34,37)(H2,30,32,33,35). The van der Waals surface area contributed by atoms with Gasteiger partial charge in [0, 0.05) is 28.2 Å². The summed E-state index contributed by atoms with van der Waals surface area (Å²) < 4.78 is 19.4. The Balaban J connectivity index is 1.25. The molecule has 0 fully saturated rings. The van der Waals surface area contributed by atoms with E-state index in [0.29, 0.717) is 34.5 Å². The van der Waals surface area contributed by atoms with Crippen molar-refractivity contribution in [2.45, 2.75) is 0 Å². The van der Waals surface area contributed by atoms with E-state index in [0.717, 1.165) is 22.0 Å². The summed E-state index contributed by atoms with van der Waals surface area (Å²) in [5, 5.41) is 14.0. The van der Waals surface area contributed by atoms with Gasteiger partial charge in [-0.3, -0.25) is 0 Å². The van der Waals surface area contributed by atoms with Crippen LogP contribution in [0.5, 0.6) is 11.6 Å². The van der Waals surface area contributed by atoms with Crippen LogP contribution in [0.2, 0.25) is 0 Å². The number of nitrogens with two attached hydrogens (primary N) is 1. The predicted octanol–water partition coefficient (Wildman–Crippen LogP) is 5.80. The molecule has 0 spiro atoms. The number of pyridine rings is 1. The number of nitrogens with one attached hydrogen (secondary N) is 1. The lowest BCUT2D eigenvalue weighted by atomic mass is 10.0. The first-order valence-corrected chi connectivity index (χ1v) is 11.6. The van der Waals surface area contributed by atoms with Gasteiger partial charge in [0.1, 0.15) is 23.6 Å². The highest BCUT2D eigenvalue weighted by Gasteiger charge is 2.13. The lowest BCUT2D eigenvalue weighted by molar-refractivity contribution is 0.464. The summed E-state index contributed by atoms with van der Waals surface area (Å²) in [6.07, 6.45) is 2.96. The smallest absolute Gasteiger partial charge is 0.230 e. The number of ether oxygens (including phenoxy) is 1. The predicted molar refractivity (Wildman–Crippen MR) is 142 cm³/mol. The zero-order chi connectivity index (χ0) is 25.9. The Labute approximate surface area is 216 Å². The third-order valence-electron chi connectivity index (χ3n) is 5.74. The van der Waals surface area contributed by atoms with Gasteiger partial charge in [-0.15, -0.1) is 10.2 Å². The minimum atomic E-state index is -0.300. The van der Waals surface area contributed by atoms with E-state index in [1.807, 2.05) is 48.5 Å². The van der Waals surface area contributed by atoms with Gasteiger partial charge in [-0.2, -0.15) is 4.98 Å². The number of aromatic nitrogens is 6. The molecule has 0 saturated heterocycles. The summed E-state index contributed by atoms with van der Waals surface area (Å²) >= 11 is 0. The number of nitrogens with zero attached hydrogens (tertiary/aromatic N) is 6. The summed E-state index contributed by atoms with van der Waals surface area (Å²) in [6.45, 7) is 0. The topological polar surface area (TPSA) is 125 Å². The molecule has 6 aromatic rings. The molecule has 3 aromatic carbocycles. The van der Waals surface area contributed by atoms with E-state index >= 15 is 0 Å². The van der Waals surface area contributed by atoms with Crippen LogP contribution < -0.4 is 15.8 Å². The molecule has 0 aliphatic rings. The van der Waals surface area contributed by atoms with Crippen LogP contribution in [0.15, 0.2) is 97.5 Å². The lowest BCUT2D eigenvalue weighted by Gasteiger charge is -2.12. The normalized spacial score (nSPS) is 10.9. The maximum atomic E-state index is 13.4. The van der Waals surface area contributed by atoms with Crippen LogP contribution in [-0.2, 0) is 0 Å². The van der Waals surface area contributed by atoms with E-state index in [1.165, 1.54) is 18.5 Å². The van der Waals surface area contributed by atoms with Crippen LogP contribution in [0.25, 0.3) is 33.4 Å². The van der Waals surface area contributed by atoms with Gasteiger partial charge < -0.3 is 15.8 Å². The zero-order valence-electron chi connectivity index (χ0n) is 19.8. The van der Waals surface area contributed by atoms with Crippen molar-refractivity contribution in [2.24, 2.45) is 0 Å². The number of anilines is 3. The number of fused-ring (bicyclic) bond motifs is 1. The van der Waals surface area contributed by atoms with Gasteiger partial charge in [0.05, 0.1) is 5.56 Å². The number of nitrogen functional groups attached to an aromatic ring is 1. The molecule has 0 amide bonds. The molecule has 0 atom stereocenters. The molecule has 9 nitrogen and oxygen atoms in total. The van der Waals surface area contributed by atoms with E-state index in [-0.39, 0.29) is 11.8 Å². The molecule has 0 bridgehead atoms. The van der Waals surface area contributed by atoms with Gasteiger partial charge in [-0.05, 0) is 60.7 Å². The number of benzene rings is 3. The lowest BCUT2D eigenvalue weighted by Crippen LogP contribution is -2.00. The van der Waals surface area contributed by atoms with Crippen molar-refractivity contribution >= 4 is 28.2 Å². The molecule has 10 heteroatoms. The fourth-order valence-electron chi connectivity index (χ4n) is 3.95. The summed E-state index contributed by atoms with van der Waals surface area (Å²) in [5.74, 6) is 1.69. The van der Waals surface area contributed by atoms with Gasteiger partial charge in [0.2, 0.25) is 11.8 Å². The minimum absolute atomic E-state index is 0.113. The summed E-state index contributed by atoms with van der Waals surface area (Å²) in [7, 11) is 0. The molecule has 184 valence electrons. The van der Waals surface area contributed by atoms with Gasteiger partial charge in [0.25, 0.3) is 0 Å². The fraction of sp³-hybridized carbons (Fsp3) is 0. The molecule has 3 N–H and O–H groups in total. The van der Waals surface area contributed by atoms with Crippen LogP contribution in [0.3, 0.4) is 0 Å². The molecule has 6 rings (SSSR count). The Morgan fingerprint density at radius 1 is 0.763 bits per heavy atom. The summed E-state index contributed by atoms with van der Waals surface area (Å²) in [6, 6.07) is 24.9. The molecule has 3 heterocycles. The Kier molecular flexibility index (Phi) is 5.95. The second-order valence-corrected chi connectivity index (χ2v) is 8.22. The number of rotatable bonds is 6. The van der Waals surface area contributed by atoms with E-state index in [2.05, 4.69) is 35.5 Å². The first-order chi connectivity index (χ1) is 18.6. The number of hydrogen-bond donors (Lipinski definition) is 2. The second-order valence-electron chi connectivity index (χ2n) is 8.22. The summed E-state index contributed by atoms with van der Waals surface area (Å²) in [4.78, 5) is 16.5. The van der Waals surface area contributed by atoms with Crippen molar-refractivity contribution < 1.29 is 9.13 Å². The van der Waals surface area contributed by atoms with Crippen LogP contribution in [0.1, 0.15) is 0 Å². The van der Waals surface area contributed by atoms with Crippen molar-refractivity contribution in [1.82, 2.24) is 30.1 Å². The van der Waals surface area contributed by atoms with Crippen molar-refractivity contribution in [1.29, 1.82) is 0 Å². The van der Waals surface area contributed by atoms with E-state index in [1.54, 1.807) is 30.5 Å². The molecule has 0 aliphatic carbocycles. The van der Waals surface area contributed by atoms with Gasteiger partial charge in [-0.25, -0.2) is 19.3 Å². The maximum absolute atomic E-state index is 13.4. The zero-order valence-corrected chi connectivity index (χ0v) is 19.8. The van der Waals surface area contributed by atoms with Gasteiger partial charge in [0.15, 0.2) is 11.6 Å². The molecule has 3 aromatic heterocycles. The monoisotopic (exact) mass is 502 g/mol. The molecule has 38 heavy (non-hydrogen) atoms. The summed E-state index contributed by atoms with van der Waals surface area (Å²) in [5.41, 5.74) is 8.55. The van der Waals surface area contributed by atoms with Gasteiger partial charge >= 0.3 is 0 Å². The second kappa shape index (κ2) is 9.86. The highest BCUT2D eigenvalue weighted by molar-refractivity contribution is 6.00. The van der Waals surface area contributed by atoms with Gasteiger partial charge in [-0.1, -0.05) is 24.3 Å². The van der Waals surface area contributed by atoms with Crippen molar-refractivity contribution in [3.63, 3.8) is 0 Å². The molecule has 0 radical (unpaired) electrons. The first kappa shape index (κ1) is 22.9. The van der Waals surface area contributed by atoms with Crippen molar-refractivity contribution in [3.05, 3.63) is 103 Å². The average molecular weight is 503 g/mol. The third kappa shape index (κ3) is 4.65. The van der Waals surface area contributed by atoms with Crippen LogP contribution in [-0.4, -0.2) is 30.1 Å². The fourth-order valence-corrected chi connectivity index (χ4v) is 3.95.